The summed E-state index contributed by atoms with van der Waals surface area (Å²) in [6.07, 6.45) is 0. The molecule has 0 spiro atoms. The van der Waals surface area contributed by atoms with E-state index >= 15 is 0 Å². The summed E-state index contributed by atoms with van der Waals surface area (Å²) in [6.45, 7) is 0.714. The van der Waals surface area contributed by atoms with Crippen LogP contribution in [0.1, 0.15) is 0 Å². The fourth-order valence-electron chi connectivity index (χ4n) is 0.699. The number of aromatic hydroxyl groups is 1. The Kier molecular flexibility index (Phi) is 3.48. The SMILES string of the molecule is Oc1ccc(OCCI)cc1. The zero-order chi connectivity index (χ0) is 8.10. The first-order chi connectivity index (χ1) is 5.33. The summed E-state index contributed by atoms with van der Waals surface area (Å²) in [5.74, 6) is 1.08. The molecule has 1 rings (SSSR count). The van der Waals surface area contributed by atoms with Gasteiger partial charge in [0.2, 0.25) is 0 Å². The molecule has 0 saturated heterocycles. The third-order valence-electron chi connectivity index (χ3n) is 1.18. The second-order valence-electron chi connectivity index (χ2n) is 2.03. The molecule has 0 aromatic heterocycles. The van der Waals surface area contributed by atoms with Crippen LogP contribution in [0.4, 0.5) is 0 Å². The molecule has 60 valence electrons. The molecule has 0 amide bonds. The van der Waals surface area contributed by atoms with E-state index in [1.54, 1.807) is 24.3 Å². The number of hydrogen-bond acceptors (Lipinski definition) is 2. The number of halogens is 1. The van der Waals surface area contributed by atoms with E-state index in [4.69, 9.17) is 9.84 Å². The molecule has 0 saturated carbocycles. The lowest BCUT2D eigenvalue weighted by Gasteiger charge is -2.02. The molecule has 0 aliphatic carbocycles. The first kappa shape index (κ1) is 8.64. The highest BCUT2D eigenvalue weighted by Gasteiger charge is 1.91. The Morgan fingerprint density at radius 2 is 1.91 bits per heavy atom. The third kappa shape index (κ3) is 2.96. The van der Waals surface area contributed by atoms with Crippen molar-refractivity contribution in [2.75, 3.05) is 11.0 Å². The Hall–Kier alpha value is -0.450. The highest BCUT2D eigenvalue weighted by atomic mass is 127. The molecule has 0 fully saturated rings. The maximum Gasteiger partial charge on any atom is 0.119 e. The predicted octanol–water partition coefficient (Wildman–Crippen LogP) is 2.21. The second-order valence-corrected chi connectivity index (χ2v) is 3.11. The van der Waals surface area contributed by atoms with Crippen LogP contribution in [0.5, 0.6) is 11.5 Å². The zero-order valence-corrected chi connectivity index (χ0v) is 8.11. The molecule has 1 aromatic rings. The van der Waals surface area contributed by atoms with Gasteiger partial charge in [-0.3, -0.25) is 0 Å². The van der Waals surface area contributed by atoms with Crippen LogP contribution >= 0.6 is 22.6 Å². The fraction of sp³-hybridized carbons (Fsp3) is 0.250. The summed E-state index contributed by atoms with van der Waals surface area (Å²) in [5, 5.41) is 8.93. The van der Waals surface area contributed by atoms with Crippen LogP contribution in [-0.2, 0) is 0 Å². The summed E-state index contributed by atoms with van der Waals surface area (Å²) in [4.78, 5) is 0. The lowest BCUT2D eigenvalue weighted by Crippen LogP contribution is -1.96. The highest BCUT2D eigenvalue weighted by molar-refractivity contribution is 14.1. The number of phenolic OH excluding ortho intramolecular Hbond substituents is 1. The molecular weight excluding hydrogens is 255 g/mol. The standard InChI is InChI=1S/C8H9IO2/c9-5-6-11-8-3-1-7(10)2-4-8/h1-4,10H,5-6H2. The molecule has 0 radical (unpaired) electrons. The smallest absolute Gasteiger partial charge is 0.119 e. The summed E-state index contributed by atoms with van der Waals surface area (Å²) in [5.41, 5.74) is 0. The molecule has 11 heavy (non-hydrogen) atoms. The molecule has 0 aliphatic rings. The molecule has 3 heteroatoms. The quantitative estimate of drug-likeness (QED) is 0.670. The van der Waals surface area contributed by atoms with Gasteiger partial charge < -0.3 is 9.84 Å². The van der Waals surface area contributed by atoms with Gasteiger partial charge in [0, 0.05) is 4.43 Å². The van der Waals surface area contributed by atoms with Crippen molar-refractivity contribution in [3.63, 3.8) is 0 Å². The van der Waals surface area contributed by atoms with Crippen LogP contribution in [-0.4, -0.2) is 16.1 Å². The van der Waals surface area contributed by atoms with E-state index in [1.165, 1.54) is 0 Å². The van der Waals surface area contributed by atoms with Crippen molar-refractivity contribution < 1.29 is 9.84 Å². The van der Waals surface area contributed by atoms with Gasteiger partial charge in [-0.05, 0) is 24.3 Å². The van der Waals surface area contributed by atoms with Crippen LogP contribution < -0.4 is 4.74 Å². The Balaban J connectivity index is 2.52. The molecule has 0 heterocycles. The van der Waals surface area contributed by atoms with Gasteiger partial charge in [0.25, 0.3) is 0 Å². The Bertz CT molecular complexity index is 208. The van der Waals surface area contributed by atoms with E-state index in [1.807, 2.05) is 0 Å². The van der Waals surface area contributed by atoms with Crippen LogP contribution in [0.25, 0.3) is 0 Å². The van der Waals surface area contributed by atoms with Crippen molar-refractivity contribution in [3.8, 4) is 11.5 Å². The maximum absolute atomic E-state index is 8.93. The van der Waals surface area contributed by atoms with Crippen LogP contribution in [0, 0.1) is 0 Å². The molecule has 0 atom stereocenters. The van der Waals surface area contributed by atoms with E-state index in [2.05, 4.69) is 22.6 Å². The van der Waals surface area contributed by atoms with E-state index in [0.29, 0.717) is 6.61 Å². The number of phenols is 1. The normalized spacial score (nSPS) is 9.55. The van der Waals surface area contributed by atoms with E-state index < -0.39 is 0 Å². The van der Waals surface area contributed by atoms with E-state index in [9.17, 15) is 0 Å². The minimum Gasteiger partial charge on any atom is -0.508 e. The molecule has 0 unspecified atom stereocenters. The number of ether oxygens (including phenoxy) is 1. The van der Waals surface area contributed by atoms with Crippen molar-refractivity contribution in [2.45, 2.75) is 0 Å². The molecule has 2 nitrogen and oxygen atoms in total. The first-order valence-electron chi connectivity index (χ1n) is 3.31. The van der Waals surface area contributed by atoms with Crippen molar-refractivity contribution >= 4 is 22.6 Å². The number of alkyl halides is 1. The topological polar surface area (TPSA) is 29.5 Å². The summed E-state index contributed by atoms with van der Waals surface area (Å²) in [7, 11) is 0. The number of hydrogen-bond donors (Lipinski definition) is 1. The average molecular weight is 264 g/mol. The second kappa shape index (κ2) is 4.43. The van der Waals surface area contributed by atoms with Crippen molar-refractivity contribution in [2.24, 2.45) is 0 Å². The largest absolute Gasteiger partial charge is 0.508 e. The van der Waals surface area contributed by atoms with Gasteiger partial charge in [-0.2, -0.15) is 0 Å². The first-order valence-corrected chi connectivity index (χ1v) is 4.83. The predicted molar refractivity (Wildman–Crippen MR) is 52.5 cm³/mol. The van der Waals surface area contributed by atoms with Crippen molar-refractivity contribution in [3.05, 3.63) is 24.3 Å². The average Bonchev–Trinajstić information content (AvgIpc) is 2.04. The fourth-order valence-corrected chi connectivity index (χ4v) is 0.919. The minimum atomic E-state index is 0.270. The summed E-state index contributed by atoms with van der Waals surface area (Å²) >= 11 is 2.25. The third-order valence-corrected chi connectivity index (χ3v) is 1.62. The molecular formula is C8H9IO2. The molecule has 0 aliphatic heterocycles. The zero-order valence-electron chi connectivity index (χ0n) is 5.96. The molecule has 1 aromatic carbocycles. The van der Waals surface area contributed by atoms with E-state index in [-0.39, 0.29) is 5.75 Å². The summed E-state index contributed by atoms with van der Waals surface area (Å²) < 4.78 is 6.26. The lowest BCUT2D eigenvalue weighted by atomic mass is 10.3. The van der Waals surface area contributed by atoms with Gasteiger partial charge in [0.05, 0.1) is 6.61 Å². The van der Waals surface area contributed by atoms with Gasteiger partial charge in [0.15, 0.2) is 0 Å². The van der Waals surface area contributed by atoms with Crippen molar-refractivity contribution in [1.82, 2.24) is 0 Å². The van der Waals surface area contributed by atoms with Crippen LogP contribution in [0.3, 0.4) is 0 Å². The number of benzene rings is 1. The Morgan fingerprint density at radius 3 is 2.45 bits per heavy atom. The summed E-state index contributed by atoms with van der Waals surface area (Å²) in [6, 6.07) is 6.73. The van der Waals surface area contributed by atoms with Crippen LogP contribution in [0.2, 0.25) is 0 Å². The van der Waals surface area contributed by atoms with E-state index in [0.717, 1.165) is 10.2 Å². The molecule has 1 N–H and O–H groups in total. The lowest BCUT2D eigenvalue weighted by molar-refractivity contribution is 0.345. The Labute approximate surface area is 79.3 Å². The van der Waals surface area contributed by atoms with Gasteiger partial charge >= 0.3 is 0 Å². The molecule has 0 bridgehead atoms. The monoisotopic (exact) mass is 264 g/mol. The number of rotatable bonds is 3. The van der Waals surface area contributed by atoms with Gasteiger partial charge in [0.1, 0.15) is 11.5 Å². The van der Waals surface area contributed by atoms with Crippen LogP contribution in [0.15, 0.2) is 24.3 Å². The van der Waals surface area contributed by atoms with Crippen molar-refractivity contribution in [1.29, 1.82) is 0 Å². The van der Waals surface area contributed by atoms with Gasteiger partial charge in [-0.15, -0.1) is 0 Å². The highest BCUT2D eigenvalue weighted by Crippen LogP contribution is 2.15. The minimum absolute atomic E-state index is 0.270. The maximum atomic E-state index is 8.93. The van der Waals surface area contributed by atoms with Gasteiger partial charge in [-0.1, -0.05) is 22.6 Å². The van der Waals surface area contributed by atoms with Gasteiger partial charge in [-0.25, -0.2) is 0 Å². The Morgan fingerprint density at radius 1 is 1.27 bits per heavy atom.